The molecule has 1 heterocycles. The van der Waals surface area contributed by atoms with Crippen molar-refractivity contribution in [2.75, 3.05) is 10.6 Å². The van der Waals surface area contributed by atoms with E-state index in [2.05, 4.69) is 36.5 Å². The van der Waals surface area contributed by atoms with Gasteiger partial charge in [-0.1, -0.05) is 12.1 Å². The molecule has 8 nitrogen and oxygen atoms in total. The number of hydrogen-bond donors (Lipinski definition) is 4. The standard InChI is InChI=1S/C18H14BrN5O3/c19-13-9-21-18(22-11-7-5-10(6-8-11)17(26)27)24-16(13)23-14-4-2-1-3-12(14)15(20)25/h1-9H,(H2,20,25)(H,26,27)(H2,21,22,23,24). The number of aromatic nitrogens is 2. The number of halogens is 1. The van der Waals surface area contributed by atoms with Crippen LogP contribution in [-0.2, 0) is 0 Å². The number of carboxylic acid groups (broad SMARTS) is 1. The van der Waals surface area contributed by atoms with Gasteiger partial charge in [0.15, 0.2) is 0 Å². The van der Waals surface area contributed by atoms with Gasteiger partial charge in [-0.3, -0.25) is 4.79 Å². The van der Waals surface area contributed by atoms with Crippen LogP contribution < -0.4 is 16.4 Å². The second-order valence-corrected chi connectivity index (χ2v) is 6.29. The third-order valence-electron chi connectivity index (χ3n) is 3.58. The van der Waals surface area contributed by atoms with E-state index in [-0.39, 0.29) is 5.56 Å². The summed E-state index contributed by atoms with van der Waals surface area (Å²) in [6, 6.07) is 13.0. The Bertz CT molecular complexity index is 1010. The van der Waals surface area contributed by atoms with Gasteiger partial charge in [0, 0.05) is 11.9 Å². The Hall–Kier alpha value is -3.46. The molecule has 0 bridgehead atoms. The minimum absolute atomic E-state index is 0.183. The molecule has 3 aromatic rings. The Morgan fingerprint density at radius 1 is 1.04 bits per heavy atom. The Kier molecular flexibility index (Phi) is 5.32. The number of carboxylic acids is 1. The smallest absolute Gasteiger partial charge is 0.335 e. The van der Waals surface area contributed by atoms with Crippen molar-refractivity contribution >= 4 is 50.9 Å². The van der Waals surface area contributed by atoms with Crippen LogP contribution in [0.3, 0.4) is 0 Å². The van der Waals surface area contributed by atoms with E-state index in [1.807, 2.05) is 0 Å². The molecular weight excluding hydrogens is 414 g/mol. The third kappa shape index (κ3) is 4.39. The molecule has 0 unspecified atom stereocenters. The summed E-state index contributed by atoms with van der Waals surface area (Å²) in [5.41, 5.74) is 7.06. The average molecular weight is 428 g/mol. The van der Waals surface area contributed by atoms with Crippen molar-refractivity contribution in [1.29, 1.82) is 0 Å². The zero-order chi connectivity index (χ0) is 19.4. The second kappa shape index (κ2) is 7.83. The lowest BCUT2D eigenvalue weighted by Gasteiger charge is -2.12. The first-order valence-corrected chi connectivity index (χ1v) is 8.52. The van der Waals surface area contributed by atoms with E-state index < -0.39 is 11.9 Å². The summed E-state index contributed by atoms with van der Waals surface area (Å²) in [5, 5.41) is 15.0. The first-order valence-electron chi connectivity index (χ1n) is 7.73. The highest BCUT2D eigenvalue weighted by Gasteiger charge is 2.11. The summed E-state index contributed by atoms with van der Waals surface area (Å²) in [4.78, 5) is 31.0. The summed E-state index contributed by atoms with van der Waals surface area (Å²) in [6.45, 7) is 0. The maximum Gasteiger partial charge on any atom is 0.335 e. The number of amides is 1. The molecule has 1 aromatic heterocycles. The number of nitrogens with zero attached hydrogens (tertiary/aromatic N) is 2. The van der Waals surface area contributed by atoms with Crippen molar-refractivity contribution in [1.82, 2.24) is 9.97 Å². The number of anilines is 4. The number of carbonyl (C=O) groups excluding carboxylic acids is 1. The number of benzene rings is 2. The van der Waals surface area contributed by atoms with Crippen LogP contribution in [0, 0.1) is 0 Å². The van der Waals surface area contributed by atoms with Crippen molar-refractivity contribution in [3.8, 4) is 0 Å². The van der Waals surface area contributed by atoms with Crippen molar-refractivity contribution < 1.29 is 14.7 Å². The van der Waals surface area contributed by atoms with Crippen molar-refractivity contribution in [2.24, 2.45) is 5.73 Å². The first kappa shape index (κ1) is 18.3. The predicted octanol–water partition coefficient (Wildman–Crippen LogP) is 3.52. The van der Waals surface area contributed by atoms with Crippen LogP contribution in [0.1, 0.15) is 20.7 Å². The first-order chi connectivity index (χ1) is 12.9. The summed E-state index contributed by atoms with van der Waals surface area (Å²) in [6.07, 6.45) is 1.55. The number of primary amides is 1. The lowest BCUT2D eigenvalue weighted by molar-refractivity contribution is 0.0696. The molecule has 136 valence electrons. The maximum absolute atomic E-state index is 11.6. The van der Waals surface area contributed by atoms with Gasteiger partial charge in [0.05, 0.1) is 21.3 Å². The SMILES string of the molecule is NC(=O)c1ccccc1Nc1nc(Nc2ccc(C(=O)O)cc2)ncc1Br. The minimum Gasteiger partial charge on any atom is -0.478 e. The van der Waals surface area contributed by atoms with Gasteiger partial charge < -0.3 is 21.5 Å². The van der Waals surface area contributed by atoms with Gasteiger partial charge in [-0.15, -0.1) is 0 Å². The van der Waals surface area contributed by atoms with E-state index in [0.717, 1.165) is 0 Å². The predicted molar refractivity (Wildman–Crippen MR) is 105 cm³/mol. The lowest BCUT2D eigenvalue weighted by atomic mass is 10.1. The fourth-order valence-corrected chi connectivity index (χ4v) is 2.56. The van der Waals surface area contributed by atoms with Gasteiger partial charge in [0.2, 0.25) is 5.95 Å². The fraction of sp³-hybridized carbons (Fsp3) is 0. The van der Waals surface area contributed by atoms with Crippen molar-refractivity contribution in [3.63, 3.8) is 0 Å². The van der Waals surface area contributed by atoms with Crippen LogP contribution in [0.5, 0.6) is 0 Å². The van der Waals surface area contributed by atoms with Gasteiger partial charge in [0.1, 0.15) is 5.82 Å². The van der Waals surface area contributed by atoms with Gasteiger partial charge in [-0.25, -0.2) is 9.78 Å². The van der Waals surface area contributed by atoms with E-state index >= 15 is 0 Å². The molecule has 0 saturated carbocycles. The molecule has 3 rings (SSSR count). The quantitative estimate of drug-likeness (QED) is 0.473. The summed E-state index contributed by atoms with van der Waals surface area (Å²) in [7, 11) is 0. The molecule has 0 spiro atoms. The van der Waals surface area contributed by atoms with Crippen LogP contribution in [0.2, 0.25) is 0 Å². The molecule has 5 N–H and O–H groups in total. The molecule has 2 aromatic carbocycles. The molecule has 27 heavy (non-hydrogen) atoms. The molecule has 0 aliphatic carbocycles. The molecule has 0 aliphatic heterocycles. The molecule has 0 aliphatic rings. The Morgan fingerprint density at radius 3 is 2.41 bits per heavy atom. The zero-order valence-corrected chi connectivity index (χ0v) is 15.4. The van der Waals surface area contributed by atoms with Crippen molar-refractivity contribution in [2.45, 2.75) is 0 Å². The minimum atomic E-state index is -0.999. The van der Waals surface area contributed by atoms with Crippen LogP contribution in [0.15, 0.2) is 59.2 Å². The van der Waals surface area contributed by atoms with Gasteiger partial charge in [0.25, 0.3) is 5.91 Å². The number of nitrogens with one attached hydrogen (secondary N) is 2. The molecule has 0 saturated heterocycles. The topological polar surface area (TPSA) is 130 Å². The Morgan fingerprint density at radius 2 is 1.74 bits per heavy atom. The Labute approximate surface area is 162 Å². The lowest BCUT2D eigenvalue weighted by Crippen LogP contribution is -2.13. The maximum atomic E-state index is 11.6. The van der Waals surface area contributed by atoms with E-state index in [0.29, 0.717) is 33.2 Å². The summed E-state index contributed by atoms with van der Waals surface area (Å²) >= 11 is 3.36. The molecule has 1 amide bonds. The number of hydrogen-bond acceptors (Lipinski definition) is 6. The third-order valence-corrected chi connectivity index (χ3v) is 4.16. The second-order valence-electron chi connectivity index (χ2n) is 5.43. The van der Waals surface area contributed by atoms with Gasteiger partial charge in [-0.2, -0.15) is 4.98 Å². The number of para-hydroxylation sites is 1. The largest absolute Gasteiger partial charge is 0.478 e. The van der Waals surface area contributed by atoms with Crippen LogP contribution in [0.4, 0.5) is 23.1 Å². The number of rotatable bonds is 6. The molecule has 0 fully saturated rings. The monoisotopic (exact) mass is 427 g/mol. The van der Waals surface area contributed by atoms with Crippen LogP contribution >= 0.6 is 15.9 Å². The molecule has 9 heteroatoms. The van der Waals surface area contributed by atoms with E-state index in [1.165, 1.54) is 12.1 Å². The molecule has 0 atom stereocenters. The highest BCUT2D eigenvalue weighted by molar-refractivity contribution is 9.10. The van der Waals surface area contributed by atoms with Gasteiger partial charge in [-0.05, 0) is 52.3 Å². The van der Waals surface area contributed by atoms with E-state index in [4.69, 9.17) is 10.8 Å². The van der Waals surface area contributed by atoms with Gasteiger partial charge >= 0.3 is 5.97 Å². The van der Waals surface area contributed by atoms with Crippen molar-refractivity contribution in [3.05, 3.63) is 70.3 Å². The zero-order valence-electron chi connectivity index (χ0n) is 13.8. The number of nitrogens with two attached hydrogens (primary N) is 1. The molecular formula is C18H14BrN5O3. The molecule has 0 radical (unpaired) electrons. The fourth-order valence-electron chi connectivity index (χ4n) is 2.27. The van der Waals surface area contributed by atoms with Crippen LogP contribution in [-0.4, -0.2) is 27.0 Å². The summed E-state index contributed by atoms with van der Waals surface area (Å²) in [5.74, 6) is -0.829. The highest BCUT2D eigenvalue weighted by atomic mass is 79.9. The van der Waals surface area contributed by atoms with E-state index in [9.17, 15) is 9.59 Å². The summed E-state index contributed by atoms with van der Waals surface area (Å²) < 4.78 is 0.591. The highest BCUT2D eigenvalue weighted by Crippen LogP contribution is 2.27. The number of carbonyl (C=O) groups is 2. The Balaban J connectivity index is 1.84. The average Bonchev–Trinajstić information content (AvgIpc) is 2.65. The van der Waals surface area contributed by atoms with E-state index in [1.54, 1.807) is 42.6 Å². The number of aromatic carboxylic acids is 1. The normalized spacial score (nSPS) is 10.3. The van der Waals surface area contributed by atoms with Crippen LogP contribution in [0.25, 0.3) is 0 Å².